The van der Waals surface area contributed by atoms with Crippen LogP contribution in [0.1, 0.15) is 10.5 Å². The number of fused-ring (bicyclic) bond motifs is 1. The van der Waals surface area contributed by atoms with Gasteiger partial charge < -0.3 is 9.64 Å². The maximum absolute atomic E-state index is 12.5. The van der Waals surface area contributed by atoms with Crippen molar-refractivity contribution in [2.24, 2.45) is 0 Å². The molecule has 0 spiro atoms. The van der Waals surface area contributed by atoms with E-state index < -0.39 is 0 Å². The van der Waals surface area contributed by atoms with Crippen LogP contribution in [0.2, 0.25) is 0 Å². The van der Waals surface area contributed by atoms with E-state index in [0.717, 1.165) is 11.4 Å². The molecule has 1 aliphatic heterocycles. The maximum atomic E-state index is 12.5. The van der Waals surface area contributed by atoms with Crippen LogP contribution in [-0.2, 0) is 0 Å². The second-order valence-corrected chi connectivity index (χ2v) is 4.93. The van der Waals surface area contributed by atoms with Crippen molar-refractivity contribution < 1.29 is 9.53 Å². The Morgan fingerprint density at radius 2 is 2.05 bits per heavy atom. The average molecular weight is 319 g/mol. The minimum atomic E-state index is -0.114. The van der Waals surface area contributed by atoms with Gasteiger partial charge >= 0.3 is 0 Å². The highest BCUT2D eigenvalue weighted by Gasteiger charge is 2.25. The van der Waals surface area contributed by atoms with Crippen LogP contribution in [0.15, 0.2) is 47.1 Å². The molecule has 0 saturated carbocycles. The zero-order valence-electron chi connectivity index (χ0n) is 10.0. The lowest BCUT2D eigenvalue weighted by Gasteiger charge is -2.29. The summed E-state index contributed by atoms with van der Waals surface area (Å²) in [7, 11) is 0. The molecule has 0 radical (unpaired) electrons. The van der Waals surface area contributed by atoms with Crippen molar-refractivity contribution in [1.82, 2.24) is 4.98 Å². The molecule has 0 N–H and O–H groups in total. The lowest BCUT2D eigenvalue weighted by atomic mass is 10.2. The highest BCUT2D eigenvalue weighted by molar-refractivity contribution is 9.10. The average Bonchev–Trinajstić information content (AvgIpc) is 2.46. The Balaban J connectivity index is 1.98. The molecule has 96 valence electrons. The van der Waals surface area contributed by atoms with Gasteiger partial charge in [0.05, 0.1) is 12.2 Å². The number of ether oxygens (including phenoxy) is 1. The lowest BCUT2D eigenvalue weighted by molar-refractivity contribution is 0.0971. The first-order valence-corrected chi connectivity index (χ1v) is 6.71. The summed E-state index contributed by atoms with van der Waals surface area (Å²) >= 11 is 3.28. The van der Waals surface area contributed by atoms with Gasteiger partial charge in [0.1, 0.15) is 22.7 Å². The number of hydrogen-bond donors (Lipinski definition) is 0. The van der Waals surface area contributed by atoms with Crippen molar-refractivity contribution in [2.45, 2.75) is 0 Å². The number of rotatable bonds is 1. The summed E-state index contributed by atoms with van der Waals surface area (Å²) in [5.41, 5.74) is 1.21. The molecule has 2 heterocycles. The minimum absolute atomic E-state index is 0.114. The number of benzene rings is 1. The molecule has 0 aliphatic carbocycles. The monoisotopic (exact) mass is 318 g/mol. The number of amides is 1. The first-order chi connectivity index (χ1) is 9.25. The van der Waals surface area contributed by atoms with E-state index in [9.17, 15) is 4.79 Å². The normalized spacial score (nSPS) is 13.6. The minimum Gasteiger partial charge on any atom is -0.490 e. The number of aromatic nitrogens is 1. The molecule has 0 unspecified atom stereocenters. The number of halogens is 1. The van der Waals surface area contributed by atoms with E-state index in [1.54, 1.807) is 23.1 Å². The van der Waals surface area contributed by atoms with Crippen LogP contribution in [0.5, 0.6) is 5.75 Å². The highest BCUT2D eigenvalue weighted by Crippen LogP contribution is 2.31. The SMILES string of the molecule is O=C(c1cccc(Br)n1)N1CCOc2ccccc21. The Kier molecular flexibility index (Phi) is 3.21. The van der Waals surface area contributed by atoms with Crippen LogP contribution in [0.3, 0.4) is 0 Å². The Labute approximate surface area is 119 Å². The zero-order valence-corrected chi connectivity index (χ0v) is 11.6. The third-order valence-electron chi connectivity index (χ3n) is 2.91. The van der Waals surface area contributed by atoms with Crippen molar-refractivity contribution in [2.75, 3.05) is 18.1 Å². The third-order valence-corrected chi connectivity index (χ3v) is 3.35. The summed E-state index contributed by atoms with van der Waals surface area (Å²) in [6, 6.07) is 12.8. The summed E-state index contributed by atoms with van der Waals surface area (Å²) < 4.78 is 6.19. The van der Waals surface area contributed by atoms with Crippen LogP contribution in [0, 0.1) is 0 Å². The fourth-order valence-corrected chi connectivity index (χ4v) is 2.39. The predicted molar refractivity (Wildman–Crippen MR) is 75.6 cm³/mol. The molecular formula is C14H11BrN2O2. The number of pyridine rings is 1. The summed E-state index contributed by atoms with van der Waals surface area (Å²) in [6.07, 6.45) is 0. The quantitative estimate of drug-likeness (QED) is 0.759. The highest BCUT2D eigenvalue weighted by atomic mass is 79.9. The van der Waals surface area contributed by atoms with Crippen LogP contribution in [0.25, 0.3) is 0 Å². The molecule has 0 fully saturated rings. The topological polar surface area (TPSA) is 42.4 Å². The molecular weight excluding hydrogens is 308 g/mol. The fraction of sp³-hybridized carbons (Fsp3) is 0.143. The van der Waals surface area contributed by atoms with Gasteiger partial charge in [0.2, 0.25) is 0 Å². The van der Waals surface area contributed by atoms with Crippen LogP contribution < -0.4 is 9.64 Å². The molecule has 0 atom stereocenters. The van der Waals surface area contributed by atoms with E-state index in [4.69, 9.17) is 4.74 Å². The first-order valence-electron chi connectivity index (χ1n) is 5.92. The largest absolute Gasteiger partial charge is 0.490 e. The number of carbonyl (C=O) groups is 1. The zero-order chi connectivity index (χ0) is 13.2. The van der Waals surface area contributed by atoms with E-state index in [2.05, 4.69) is 20.9 Å². The van der Waals surface area contributed by atoms with Crippen LogP contribution in [0.4, 0.5) is 5.69 Å². The fourth-order valence-electron chi connectivity index (χ4n) is 2.05. The molecule has 0 bridgehead atoms. The molecule has 19 heavy (non-hydrogen) atoms. The summed E-state index contributed by atoms with van der Waals surface area (Å²) in [5, 5.41) is 0. The van der Waals surface area contributed by atoms with Gasteiger partial charge in [0.15, 0.2) is 0 Å². The second-order valence-electron chi connectivity index (χ2n) is 4.12. The van der Waals surface area contributed by atoms with Gasteiger partial charge in [0.25, 0.3) is 5.91 Å². The molecule has 1 aromatic carbocycles. The Bertz CT molecular complexity index is 630. The molecule has 4 nitrogen and oxygen atoms in total. The Morgan fingerprint density at radius 1 is 1.21 bits per heavy atom. The molecule has 1 aromatic heterocycles. The van der Waals surface area contributed by atoms with Crippen LogP contribution >= 0.6 is 15.9 Å². The van der Waals surface area contributed by atoms with Crippen LogP contribution in [-0.4, -0.2) is 24.0 Å². The molecule has 0 saturated heterocycles. The van der Waals surface area contributed by atoms with E-state index in [1.165, 1.54) is 0 Å². The van der Waals surface area contributed by atoms with Gasteiger partial charge in [-0.05, 0) is 40.2 Å². The number of para-hydroxylation sites is 2. The number of anilines is 1. The molecule has 1 amide bonds. The van der Waals surface area contributed by atoms with Gasteiger partial charge in [-0.1, -0.05) is 18.2 Å². The molecule has 1 aliphatic rings. The van der Waals surface area contributed by atoms with Gasteiger partial charge in [-0.25, -0.2) is 4.98 Å². The van der Waals surface area contributed by atoms with Gasteiger partial charge in [-0.15, -0.1) is 0 Å². The number of carbonyl (C=O) groups excluding carboxylic acids is 1. The van der Waals surface area contributed by atoms with Gasteiger partial charge in [-0.3, -0.25) is 4.79 Å². The van der Waals surface area contributed by atoms with E-state index >= 15 is 0 Å². The van der Waals surface area contributed by atoms with Gasteiger partial charge in [-0.2, -0.15) is 0 Å². The lowest BCUT2D eigenvalue weighted by Crippen LogP contribution is -2.38. The predicted octanol–water partition coefficient (Wildman–Crippen LogP) is 2.88. The van der Waals surface area contributed by atoms with Crippen molar-refractivity contribution in [3.8, 4) is 5.75 Å². The summed E-state index contributed by atoms with van der Waals surface area (Å²) in [4.78, 5) is 18.4. The van der Waals surface area contributed by atoms with Crippen molar-refractivity contribution in [3.63, 3.8) is 0 Å². The van der Waals surface area contributed by atoms with E-state index in [-0.39, 0.29) is 5.91 Å². The maximum Gasteiger partial charge on any atom is 0.277 e. The second kappa shape index (κ2) is 5.01. The third kappa shape index (κ3) is 2.33. The smallest absolute Gasteiger partial charge is 0.277 e. The van der Waals surface area contributed by atoms with Crippen molar-refractivity contribution in [3.05, 3.63) is 52.8 Å². The molecule has 3 rings (SSSR count). The molecule has 2 aromatic rings. The van der Waals surface area contributed by atoms with Gasteiger partial charge in [0, 0.05) is 0 Å². The van der Waals surface area contributed by atoms with E-state index in [1.807, 2.05) is 24.3 Å². The number of nitrogens with zero attached hydrogens (tertiary/aromatic N) is 2. The molecule has 5 heteroatoms. The van der Waals surface area contributed by atoms with E-state index in [0.29, 0.717) is 23.4 Å². The van der Waals surface area contributed by atoms with Crippen molar-refractivity contribution in [1.29, 1.82) is 0 Å². The first kappa shape index (κ1) is 12.2. The summed E-state index contributed by atoms with van der Waals surface area (Å²) in [6.45, 7) is 1.03. The Hall–Kier alpha value is -1.88. The Morgan fingerprint density at radius 3 is 2.89 bits per heavy atom. The number of hydrogen-bond acceptors (Lipinski definition) is 3. The summed E-state index contributed by atoms with van der Waals surface area (Å²) in [5.74, 6) is 0.620. The standard InChI is InChI=1S/C14H11BrN2O2/c15-13-7-3-4-10(16-13)14(18)17-8-9-19-12-6-2-1-5-11(12)17/h1-7H,8-9H2. The van der Waals surface area contributed by atoms with Crippen molar-refractivity contribution >= 4 is 27.5 Å².